The first-order valence-electron chi connectivity index (χ1n) is 17.2. The van der Waals surface area contributed by atoms with E-state index in [4.69, 9.17) is 14.2 Å². The summed E-state index contributed by atoms with van der Waals surface area (Å²) in [6.07, 6.45) is 15.9. The number of aliphatic hydroxyl groups is 2. The molecule has 1 aromatic rings. The fourth-order valence-electron chi connectivity index (χ4n) is 5.82. The van der Waals surface area contributed by atoms with Gasteiger partial charge in [0, 0.05) is 25.7 Å². The number of methoxy groups -OCH3 is 1. The largest absolute Gasteiger partial charge is 0.493 e. The Morgan fingerprint density at radius 3 is 2.40 bits per heavy atom. The summed E-state index contributed by atoms with van der Waals surface area (Å²) in [5.74, 6) is -0.187. The van der Waals surface area contributed by atoms with Crippen LogP contribution in [0.4, 0.5) is 0 Å². The number of nitrogens with zero attached hydrogens (tertiary/aromatic N) is 1. The molecular weight excluding hydrogens is 622 g/mol. The number of ether oxygens (including phenoxy) is 3. The van der Waals surface area contributed by atoms with Crippen molar-refractivity contribution in [3.05, 3.63) is 52.1 Å². The third-order valence-electron chi connectivity index (χ3n) is 8.45. The van der Waals surface area contributed by atoms with Gasteiger partial charge in [-0.25, -0.2) is 0 Å². The topological polar surface area (TPSA) is 172 Å². The smallest absolute Gasteiger partial charge is 0.311 e. The van der Waals surface area contributed by atoms with Gasteiger partial charge in [-0.15, -0.1) is 10.1 Å². The van der Waals surface area contributed by atoms with Crippen LogP contribution >= 0.6 is 0 Å². The number of benzene rings is 1. The highest BCUT2D eigenvalue weighted by atomic mass is 16.9. The normalized spacial score (nSPS) is 19.1. The Hall–Kier alpha value is -3.77. The minimum absolute atomic E-state index is 0.00534. The van der Waals surface area contributed by atoms with E-state index in [1.54, 1.807) is 30.4 Å². The van der Waals surface area contributed by atoms with Gasteiger partial charge in [-0.1, -0.05) is 56.9 Å². The van der Waals surface area contributed by atoms with Gasteiger partial charge in [0.15, 0.2) is 11.5 Å². The molecule has 1 aliphatic rings. The monoisotopic (exact) mass is 675 g/mol. The van der Waals surface area contributed by atoms with E-state index in [-0.39, 0.29) is 55.8 Å². The van der Waals surface area contributed by atoms with Gasteiger partial charge in [-0.05, 0) is 80.6 Å². The van der Waals surface area contributed by atoms with Crippen LogP contribution in [0.1, 0.15) is 109 Å². The SMILES string of the molecule is CCCCCCCC(=O)CC[C@@H]1[C@@H](CC=CCCCC(=O)Oc2ccc(C=CCOC(=O)CCCO[N+](=O)[O-])cc2OC)[C@@H](O)C[C@H]1O. The molecule has 1 aromatic carbocycles. The molecule has 0 heterocycles. The number of esters is 2. The van der Waals surface area contributed by atoms with Gasteiger partial charge in [-0.3, -0.25) is 14.4 Å². The summed E-state index contributed by atoms with van der Waals surface area (Å²) in [7, 11) is 1.47. The van der Waals surface area contributed by atoms with Crippen LogP contribution in [0.3, 0.4) is 0 Å². The molecule has 1 aliphatic carbocycles. The molecule has 0 aliphatic heterocycles. The molecule has 268 valence electrons. The predicted molar refractivity (Wildman–Crippen MR) is 180 cm³/mol. The summed E-state index contributed by atoms with van der Waals surface area (Å²) in [6.45, 7) is 2.02. The van der Waals surface area contributed by atoms with Crippen molar-refractivity contribution in [3.8, 4) is 11.5 Å². The lowest BCUT2D eigenvalue weighted by molar-refractivity contribution is -0.757. The predicted octanol–water partition coefficient (Wildman–Crippen LogP) is 6.33. The fraction of sp³-hybridized carbons (Fsp3) is 0.639. The van der Waals surface area contributed by atoms with Gasteiger partial charge in [0.2, 0.25) is 0 Å². The Labute approximate surface area is 283 Å². The van der Waals surface area contributed by atoms with Crippen molar-refractivity contribution in [2.75, 3.05) is 20.3 Å². The number of carbonyl (C=O) groups is 3. The van der Waals surface area contributed by atoms with E-state index >= 15 is 0 Å². The number of carbonyl (C=O) groups excluding carboxylic acids is 3. The molecule has 4 atom stereocenters. The van der Waals surface area contributed by atoms with Gasteiger partial charge >= 0.3 is 11.9 Å². The van der Waals surface area contributed by atoms with Crippen molar-refractivity contribution >= 4 is 23.8 Å². The van der Waals surface area contributed by atoms with Crippen molar-refractivity contribution in [3.63, 3.8) is 0 Å². The first kappa shape index (κ1) is 40.4. The molecule has 0 spiro atoms. The first-order valence-corrected chi connectivity index (χ1v) is 17.2. The molecule has 0 unspecified atom stereocenters. The Bertz CT molecular complexity index is 1200. The average Bonchev–Trinajstić information content (AvgIpc) is 3.33. The average molecular weight is 676 g/mol. The molecule has 1 saturated carbocycles. The molecule has 0 aromatic heterocycles. The van der Waals surface area contributed by atoms with Crippen LogP contribution < -0.4 is 9.47 Å². The molecule has 12 heteroatoms. The molecule has 12 nitrogen and oxygen atoms in total. The van der Waals surface area contributed by atoms with E-state index in [0.717, 1.165) is 24.8 Å². The summed E-state index contributed by atoms with van der Waals surface area (Å²) in [4.78, 5) is 50.8. The number of hydrogen-bond acceptors (Lipinski definition) is 11. The van der Waals surface area contributed by atoms with Crippen LogP contribution in [-0.4, -0.2) is 65.6 Å². The molecule has 0 radical (unpaired) electrons. The number of Topliss-reactive ketones (excluding diaryl/α,β-unsaturated/α-hetero) is 1. The van der Waals surface area contributed by atoms with Crippen LogP contribution in [-0.2, 0) is 24.0 Å². The number of unbranched alkanes of at least 4 members (excludes halogenated alkanes) is 5. The second kappa shape index (κ2) is 23.5. The lowest BCUT2D eigenvalue weighted by atomic mass is 9.86. The third kappa shape index (κ3) is 16.4. The van der Waals surface area contributed by atoms with Crippen molar-refractivity contribution in [1.29, 1.82) is 0 Å². The van der Waals surface area contributed by atoms with Crippen LogP contribution in [0.5, 0.6) is 11.5 Å². The van der Waals surface area contributed by atoms with Crippen LogP contribution in [0.2, 0.25) is 0 Å². The minimum Gasteiger partial charge on any atom is -0.493 e. The highest BCUT2D eigenvalue weighted by molar-refractivity contribution is 5.78. The standard InChI is InChI=1S/C36H53NO11/c1-3-4-5-6-9-15-28(38)20-21-30-29(31(39)26-32(30)40)16-10-7-8-11-17-36(42)48-33-22-19-27(25-34(33)45-2)14-12-23-46-35(41)18-13-24-47-37(43)44/h7,10,12,14,19,22,25,29-32,39-40H,3-6,8-9,11,13,15-18,20-21,23-24,26H2,1-2H3/t29-,30-,31+,32-/m1/s1. The number of ketones is 1. The summed E-state index contributed by atoms with van der Waals surface area (Å²) >= 11 is 0. The zero-order chi connectivity index (χ0) is 35.1. The van der Waals surface area contributed by atoms with Crippen LogP contribution in [0.25, 0.3) is 6.08 Å². The summed E-state index contributed by atoms with van der Waals surface area (Å²) < 4.78 is 15.9. The molecular formula is C36H53NO11. The number of allylic oxidation sites excluding steroid dienone is 2. The first-order chi connectivity index (χ1) is 23.1. The van der Waals surface area contributed by atoms with Gasteiger partial charge in [0.25, 0.3) is 5.09 Å². The lowest BCUT2D eigenvalue weighted by Gasteiger charge is -2.22. The van der Waals surface area contributed by atoms with E-state index in [1.165, 1.54) is 20.0 Å². The maximum Gasteiger partial charge on any atom is 0.311 e. The van der Waals surface area contributed by atoms with Crippen molar-refractivity contribution < 1.29 is 48.7 Å². The van der Waals surface area contributed by atoms with E-state index in [1.807, 2.05) is 12.2 Å². The zero-order valence-electron chi connectivity index (χ0n) is 28.4. The highest BCUT2D eigenvalue weighted by Crippen LogP contribution is 2.38. The van der Waals surface area contributed by atoms with Gasteiger partial charge in [-0.2, -0.15) is 0 Å². The Morgan fingerprint density at radius 2 is 1.65 bits per heavy atom. The van der Waals surface area contributed by atoms with E-state index in [0.29, 0.717) is 50.7 Å². The summed E-state index contributed by atoms with van der Waals surface area (Å²) in [6, 6.07) is 5.04. The van der Waals surface area contributed by atoms with Crippen molar-refractivity contribution in [2.45, 2.75) is 115 Å². The number of aliphatic hydroxyl groups excluding tert-OH is 2. The van der Waals surface area contributed by atoms with Crippen LogP contribution in [0, 0.1) is 22.0 Å². The van der Waals surface area contributed by atoms with Gasteiger partial charge in [0.05, 0.1) is 25.9 Å². The molecule has 0 saturated heterocycles. The summed E-state index contributed by atoms with van der Waals surface area (Å²) in [5.41, 5.74) is 0.735. The number of hydrogen-bond donors (Lipinski definition) is 2. The highest BCUT2D eigenvalue weighted by Gasteiger charge is 2.40. The zero-order valence-corrected chi connectivity index (χ0v) is 28.4. The van der Waals surface area contributed by atoms with E-state index < -0.39 is 29.2 Å². The molecule has 2 N–H and O–H groups in total. The summed E-state index contributed by atoms with van der Waals surface area (Å²) in [5, 5.41) is 30.2. The fourth-order valence-corrected chi connectivity index (χ4v) is 5.82. The van der Waals surface area contributed by atoms with Gasteiger partial charge in [0.1, 0.15) is 12.4 Å². The maximum atomic E-state index is 12.5. The number of rotatable bonds is 25. The Morgan fingerprint density at radius 1 is 0.896 bits per heavy atom. The molecule has 48 heavy (non-hydrogen) atoms. The molecule has 0 bridgehead atoms. The quantitative estimate of drug-likeness (QED) is 0.0296. The Kier molecular flexibility index (Phi) is 19.8. The van der Waals surface area contributed by atoms with Crippen molar-refractivity contribution in [2.24, 2.45) is 11.8 Å². The second-order valence-electron chi connectivity index (χ2n) is 12.2. The van der Waals surface area contributed by atoms with Crippen molar-refractivity contribution in [1.82, 2.24) is 0 Å². The molecule has 0 amide bonds. The Balaban J connectivity index is 1.70. The van der Waals surface area contributed by atoms with E-state index in [2.05, 4.69) is 11.8 Å². The van der Waals surface area contributed by atoms with Crippen LogP contribution in [0.15, 0.2) is 36.4 Å². The lowest BCUT2D eigenvalue weighted by Crippen LogP contribution is -2.22. The minimum atomic E-state index is -0.910. The van der Waals surface area contributed by atoms with E-state index in [9.17, 15) is 34.7 Å². The second-order valence-corrected chi connectivity index (χ2v) is 12.2. The van der Waals surface area contributed by atoms with Gasteiger partial charge < -0.3 is 29.3 Å². The molecule has 2 rings (SSSR count). The third-order valence-corrected chi connectivity index (χ3v) is 8.45. The molecule has 1 fully saturated rings. The maximum absolute atomic E-state index is 12.5.